The van der Waals surface area contributed by atoms with Crippen LogP contribution in [0.5, 0.6) is 0 Å². The van der Waals surface area contributed by atoms with Crippen LogP contribution in [-0.4, -0.2) is 58.7 Å². The number of likely N-dealkylation sites (tertiary alicyclic amines) is 1. The summed E-state index contributed by atoms with van der Waals surface area (Å²) in [5, 5.41) is 9.99. The molecule has 0 spiro atoms. The lowest BCUT2D eigenvalue weighted by molar-refractivity contribution is -0.129. The van der Waals surface area contributed by atoms with Crippen molar-refractivity contribution in [2.45, 2.75) is 44.1 Å². The predicted molar refractivity (Wildman–Crippen MR) is 90.4 cm³/mol. The Bertz CT molecular complexity index is 577. The van der Waals surface area contributed by atoms with Gasteiger partial charge in [0.05, 0.1) is 6.54 Å². The minimum absolute atomic E-state index is 0.0453. The molecule has 2 aliphatic rings. The summed E-state index contributed by atoms with van der Waals surface area (Å²) in [6.45, 7) is 2.90. The quantitative estimate of drug-likeness (QED) is 0.835. The molecule has 2 saturated heterocycles. The second-order valence-electron chi connectivity index (χ2n) is 6.84. The van der Waals surface area contributed by atoms with E-state index in [1.54, 1.807) is 0 Å². The number of hydrogen-bond donors (Lipinski definition) is 2. The van der Waals surface area contributed by atoms with Gasteiger partial charge in [-0.3, -0.25) is 19.2 Å². The van der Waals surface area contributed by atoms with Crippen LogP contribution in [0.4, 0.5) is 0 Å². The van der Waals surface area contributed by atoms with Gasteiger partial charge in [-0.15, -0.1) is 0 Å². The molecule has 1 aromatic rings. The van der Waals surface area contributed by atoms with E-state index < -0.39 is 0 Å². The zero-order chi connectivity index (χ0) is 16.9. The van der Waals surface area contributed by atoms with E-state index in [-0.39, 0.29) is 17.9 Å². The molecular weight excluding hydrogens is 306 g/mol. The Balaban J connectivity index is 1.44. The van der Waals surface area contributed by atoms with Crippen LogP contribution in [-0.2, 0) is 16.6 Å². The highest BCUT2D eigenvalue weighted by Gasteiger charge is 2.26. The Morgan fingerprint density at radius 3 is 2.83 bits per heavy atom. The van der Waals surface area contributed by atoms with Crippen molar-refractivity contribution in [2.24, 2.45) is 7.05 Å². The van der Waals surface area contributed by atoms with Crippen molar-refractivity contribution >= 4 is 11.8 Å². The van der Waals surface area contributed by atoms with Crippen molar-refractivity contribution in [3.63, 3.8) is 0 Å². The number of carbonyl (C=O) groups is 2. The van der Waals surface area contributed by atoms with Crippen molar-refractivity contribution in [1.29, 1.82) is 0 Å². The summed E-state index contributed by atoms with van der Waals surface area (Å²) in [6, 6.07) is 1.71. The summed E-state index contributed by atoms with van der Waals surface area (Å²) < 4.78 is 1.94. The van der Waals surface area contributed by atoms with Gasteiger partial charge in [-0.1, -0.05) is 0 Å². The summed E-state index contributed by atoms with van der Waals surface area (Å²) >= 11 is 0. The van der Waals surface area contributed by atoms with Crippen LogP contribution in [0, 0.1) is 0 Å². The minimum Gasteiger partial charge on any atom is -0.354 e. The predicted octanol–water partition coefficient (Wildman–Crippen LogP) is 0.384. The van der Waals surface area contributed by atoms with Crippen molar-refractivity contribution in [2.75, 3.05) is 26.2 Å². The molecule has 0 saturated carbocycles. The molecule has 0 bridgehead atoms. The molecule has 2 aliphatic heterocycles. The van der Waals surface area contributed by atoms with E-state index >= 15 is 0 Å². The van der Waals surface area contributed by atoms with E-state index in [0.29, 0.717) is 19.0 Å². The van der Waals surface area contributed by atoms with E-state index in [4.69, 9.17) is 0 Å². The van der Waals surface area contributed by atoms with Gasteiger partial charge in [-0.2, -0.15) is 5.10 Å². The molecule has 7 heteroatoms. The maximum absolute atomic E-state index is 12.3. The molecule has 2 N–H and O–H groups in total. The van der Waals surface area contributed by atoms with Crippen LogP contribution < -0.4 is 10.6 Å². The average Bonchev–Trinajstić information content (AvgIpc) is 2.89. The third kappa shape index (κ3) is 4.14. The second-order valence-corrected chi connectivity index (χ2v) is 6.84. The molecule has 24 heavy (non-hydrogen) atoms. The molecule has 2 fully saturated rings. The van der Waals surface area contributed by atoms with Crippen LogP contribution >= 0.6 is 0 Å². The van der Waals surface area contributed by atoms with Gasteiger partial charge in [0.25, 0.3) is 0 Å². The standard InChI is InChI=1S/C17H27N5O2/c1-21-15(5-9-19-21)13-6-10-22(11-7-13)12-16(23)20-14-4-2-3-8-18-17(14)24/h5,9,13-14H,2-4,6-8,10-12H2,1H3,(H,18,24)(H,20,23)/t14-/m0/s1. The second kappa shape index (κ2) is 7.79. The molecular formula is C17H27N5O2. The molecule has 7 nitrogen and oxygen atoms in total. The summed E-state index contributed by atoms with van der Waals surface area (Å²) in [5.41, 5.74) is 1.27. The first-order chi connectivity index (χ1) is 11.6. The van der Waals surface area contributed by atoms with Gasteiger partial charge in [0.1, 0.15) is 6.04 Å². The monoisotopic (exact) mass is 333 g/mol. The van der Waals surface area contributed by atoms with E-state index in [1.807, 2.05) is 17.9 Å². The summed E-state index contributed by atoms with van der Waals surface area (Å²) in [4.78, 5) is 26.3. The fourth-order valence-electron chi connectivity index (χ4n) is 3.69. The Kier molecular flexibility index (Phi) is 5.50. The Labute approximate surface area is 142 Å². The van der Waals surface area contributed by atoms with Gasteiger partial charge in [-0.05, 0) is 51.3 Å². The fourth-order valence-corrected chi connectivity index (χ4v) is 3.69. The number of nitrogens with one attached hydrogen (secondary N) is 2. The number of aromatic nitrogens is 2. The Morgan fingerprint density at radius 1 is 1.33 bits per heavy atom. The lowest BCUT2D eigenvalue weighted by Gasteiger charge is -2.31. The Morgan fingerprint density at radius 2 is 2.12 bits per heavy atom. The van der Waals surface area contributed by atoms with E-state index in [0.717, 1.165) is 45.2 Å². The summed E-state index contributed by atoms with van der Waals surface area (Å²) in [6.07, 6.45) is 6.61. The number of carbonyl (C=O) groups excluding carboxylic acids is 2. The highest BCUT2D eigenvalue weighted by molar-refractivity contribution is 5.88. The third-order valence-corrected chi connectivity index (χ3v) is 5.10. The van der Waals surface area contributed by atoms with Crippen molar-refractivity contribution in [3.05, 3.63) is 18.0 Å². The van der Waals surface area contributed by atoms with Gasteiger partial charge < -0.3 is 10.6 Å². The number of amides is 2. The number of aryl methyl sites for hydroxylation is 1. The molecule has 0 aliphatic carbocycles. The lowest BCUT2D eigenvalue weighted by Crippen LogP contribution is -2.49. The van der Waals surface area contributed by atoms with Crippen LogP contribution in [0.25, 0.3) is 0 Å². The number of rotatable bonds is 4. The van der Waals surface area contributed by atoms with Crippen LogP contribution in [0.15, 0.2) is 12.3 Å². The molecule has 0 radical (unpaired) electrons. The van der Waals surface area contributed by atoms with Crippen molar-refractivity contribution in [3.8, 4) is 0 Å². The molecule has 0 aromatic carbocycles. The van der Waals surface area contributed by atoms with Gasteiger partial charge in [0, 0.05) is 31.4 Å². The molecule has 1 atom stereocenters. The van der Waals surface area contributed by atoms with Crippen molar-refractivity contribution < 1.29 is 9.59 Å². The van der Waals surface area contributed by atoms with Gasteiger partial charge in [0.15, 0.2) is 0 Å². The molecule has 3 rings (SSSR count). The third-order valence-electron chi connectivity index (χ3n) is 5.10. The Hall–Kier alpha value is -1.89. The van der Waals surface area contributed by atoms with Crippen LogP contribution in [0.3, 0.4) is 0 Å². The van der Waals surface area contributed by atoms with E-state index in [9.17, 15) is 9.59 Å². The maximum Gasteiger partial charge on any atom is 0.242 e. The van der Waals surface area contributed by atoms with Gasteiger partial charge in [-0.25, -0.2) is 0 Å². The highest BCUT2D eigenvalue weighted by atomic mass is 16.2. The fraction of sp³-hybridized carbons (Fsp3) is 0.706. The molecule has 1 aromatic heterocycles. The summed E-state index contributed by atoms with van der Waals surface area (Å²) in [7, 11) is 1.98. The zero-order valence-electron chi connectivity index (χ0n) is 14.3. The normalized spacial score (nSPS) is 23.5. The van der Waals surface area contributed by atoms with Crippen LogP contribution in [0.2, 0.25) is 0 Å². The smallest absolute Gasteiger partial charge is 0.242 e. The lowest BCUT2D eigenvalue weighted by atomic mass is 9.93. The molecule has 0 unspecified atom stereocenters. The first-order valence-corrected chi connectivity index (χ1v) is 8.91. The molecule has 132 valence electrons. The SMILES string of the molecule is Cn1nccc1C1CCN(CC(=O)N[C@H]2CCCCNC2=O)CC1. The van der Waals surface area contributed by atoms with E-state index in [2.05, 4.69) is 26.7 Å². The topological polar surface area (TPSA) is 79.3 Å². The number of hydrogen-bond acceptors (Lipinski definition) is 4. The average molecular weight is 333 g/mol. The van der Waals surface area contributed by atoms with Gasteiger partial charge in [0.2, 0.25) is 11.8 Å². The highest BCUT2D eigenvalue weighted by Crippen LogP contribution is 2.27. The molecule has 2 amide bonds. The minimum atomic E-state index is -0.369. The summed E-state index contributed by atoms with van der Waals surface area (Å²) in [5.74, 6) is 0.427. The molecule has 3 heterocycles. The van der Waals surface area contributed by atoms with Crippen molar-refractivity contribution in [1.82, 2.24) is 25.3 Å². The van der Waals surface area contributed by atoms with E-state index in [1.165, 1.54) is 5.69 Å². The first-order valence-electron chi connectivity index (χ1n) is 8.91. The maximum atomic E-state index is 12.3. The first kappa shape index (κ1) is 17.0. The largest absolute Gasteiger partial charge is 0.354 e. The van der Waals surface area contributed by atoms with Crippen LogP contribution in [0.1, 0.15) is 43.7 Å². The number of nitrogens with zero attached hydrogens (tertiary/aromatic N) is 3. The number of piperidine rings is 1. The zero-order valence-corrected chi connectivity index (χ0v) is 14.3. The van der Waals surface area contributed by atoms with Gasteiger partial charge >= 0.3 is 0 Å².